The number of hydrogen-bond acceptors (Lipinski definition) is 2. The molecule has 4 heteroatoms. The van der Waals surface area contributed by atoms with E-state index in [0.29, 0.717) is 6.04 Å². The minimum atomic E-state index is -0.117. The first kappa shape index (κ1) is 12.4. The fraction of sp³-hybridized carbons (Fsp3) is 0.400. The second kappa shape index (κ2) is 4.78. The van der Waals surface area contributed by atoms with E-state index in [1.54, 1.807) is 6.07 Å². The number of rotatable bonds is 3. The zero-order valence-electron chi connectivity index (χ0n) is 11.3. The molecule has 1 aromatic carbocycles. The van der Waals surface area contributed by atoms with Gasteiger partial charge in [0, 0.05) is 30.9 Å². The summed E-state index contributed by atoms with van der Waals surface area (Å²) in [5.41, 5.74) is 1.96. The van der Waals surface area contributed by atoms with E-state index in [1.165, 1.54) is 11.6 Å². The third kappa shape index (κ3) is 2.28. The number of aryl methyl sites for hydroxylation is 1. The highest BCUT2D eigenvalue weighted by Crippen LogP contribution is 2.31. The first-order valence-electron chi connectivity index (χ1n) is 6.64. The molecule has 19 heavy (non-hydrogen) atoms. The molecular weight excluding hydrogens is 241 g/mol. The number of halogens is 1. The second-order valence-corrected chi connectivity index (χ2v) is 5.30. The van der Waals surface area contributed by atoms with Crippen LogP contribution in [0.15, 0.2) is 36.7 Å². The lowest BCUT2D eigenvalue weighted by Gasteiger charge is -2.43. The fourth-order valence-electron chi connectivity index (χ4n) is 2.61. The van der Waals surface area contributed by atoms with Gasteiger partial charge in [-0.15, -0.1) is 0 Å². The molecule has 2 heterocycles. The molecule has 1 aliphatic heterocycles. The van der Waals surface area contributed by atoms with Crippen molar-refractivity contribution >= 4 is 0 Å². The van der Waals surface area contributed by atoms with Gasteiger partial charge in [-0.25, -0.2) is 4.39 Å². The SMILES string of the molecule is Cc1cnn(C2CN([C@H](C)c3ccccc3F)C2)c1. The Hall–Kier alpha value is -1.68. The predicted molar refractivity (Wildman–Crippen MR) is 72.4 cm³/mol. The van der Waals surface area contributed by atoms with Gasteiger partial charge in [0.25, 0.3) is 0 Å². The lowest BCUT2D eigenvalue weighted by molar-refractivity contribution is 0.0582. The summed E-state index contributed by atoms with van der Waals surface area (Å²) in [7, 11) is 0. The Morgan fingerprint density at radius 2 is 2.05 bits per heavy atom. The summed E-state index contributed by atoms with van der Waals surface area (Å²) < 4.78 is 15.8. The third-order valence-electron chi connectivity index (χ3n) is 3.90. The van der Waals surface area contributed by atoms with Crippen molar-refractivity contribution in [3.63, 3.8) is 0 Å². The van der Waals surface area contributed by atoms with Gasteiger partial charge in [0.15, 0.2) is 0 Å². The van der Waals surface area contributed by atoms with E-state index in [1.807, 2.05) is 29.9 Å². The quantitative estimate of drug-likeness (QED) is 0.845. The van der Waals surface area contributed by atoms with E-state index in [4.69, 9.17) is 0 Å². The molecule has 0 saturated carbocycles. The molecule has 3 rings (SSSR count). The van der Waals surface area contributed by atoms with Crippen LogP contribution in [0.5, 0.6) is 0 Å². The summed E-state index contributed by atoms with van der Waals surface area (Å²) in [6, 6.07) is 7.56. The molecule has 0 N–H and O–H groups in total. The minimum Gasteiger partial charge on any atom is -0.292 e. The maximum absolute atomic E-state index is 13.7. The summed E-state index contributed by atoms with van der Waals surface area (Å²) in [5, 5.41) is 4.34. The van der Waals surface area contributed by atoms with Crippen molar-refractivity contribution in [2.24, 2.45) is 0 Å². The van der Waals surface area contributed by atoms with Crippen LogP contribution in [-0.2, 0) is 0 Å². The normalized spacial score (nSPS) is 18.3. The van der Waals surface area contributed by atoms with Gasteiger partial charge in [-0.1, -0.05) is 18.2 Å². The molecule has 1 aliphatic rings. The van der Waals surface area contributed by atoms with Gasteiger partial charge in [-0.2, -0.15) is 5.10 Å². The summed E-state index contributed by atoms with van der Waals surface area (Å²) in [4.78, 5) is 2.28. The number of hydrogen-bond donors (Lipinski definition) is 0. The number of likely N-dealkylation sites (tertiary alicyclic amines) is 1. The molecular formula is C15H18FN3. The van der Waals surface area contributed by atoms with E-state index < -0.39 is 0 Å². The third-order valence-corrected chi connectivity index (χ3v) is 3.90. The lowest BCUT2D eigenvalue weighted by Crippen LogP contribution is -2.48. The van der Waals surface area contributed by atoms with Crippen LogP contribution in [0.3, 0.4) is 0 Å². The van der Waals surface area contributed by atoms with Gasteiger partial charge in [0.05, 0.1) is 12.2 Å². The number of benzene rings is 1. The minimum absolute atomic E-state index is 0.117. The molecule has 0 bridgehead atoms. The predicted octanol–water partition coefficient (Wildman–Crippen LogP) is 2.95. The van der Waals surface area contributed by atoms with Crippen LogP contribution in [0.25, 0.3) is 0 Å². The first-order valence-corrected chi connectivity index (χ1v) is 6.64. The Balaban J connectivity index is 1.66. The van der Waals surface area contributed by atoms with Crippen molar-refractivity contribution in [2.75, 3.05) is 13.1 Å². The largest absolute Gasteiger partial charge is 0.292 e. The maximum Gasteiger partial charge on any atom is 0.127 e. The van der Waals surface area contributed by atoms with Crippen LogP contribution in [-0.4, -0.2) is 27.8 Å². The molecule has 0 radical (unpaired) electrons. The molecule has 100 valence electrons. The smallest absolute Gasteiger partial charge is 0.127 e. The summed E-state index contributed by atoms with van der Waals surface area (Å²) in [6.45, 7) is 5.96. The topological polar surface area (TPSA) is 21.1 Å². The van der Waals surface area contributed by atoms with Gasteiger partial charge >= 0.3 is 0 Å². The molecule has 1 saturated heterocycles. The van der Waals surface area contributed by atoms with Crippen molar-refractivity contribution in [2.45, 2.75) is 25.9 Å². The Morgan fingerprint density at radius 3 is 2.68 bits per heavy atom. The van der Waals surface area contributed by atoms with Gasteiger partial charge in [-0.3, -0.25) is 9.58 Å². The average molecular weight is 259 g/mol. The fourth-order valence-corrected chi connectivity index (χ4v) is 2.61. The van der Waals surface area contributed by atoms with Crippen LogP contribution in [0.2, 0.25) is 0 Å². The Kier molecular flexibility index (Phi) is 3.11. The highest BCUT2D eigenvalue weighted by molar-refractivity contribution is 5.21. The van der Waals surface area contributed by atoms with E-state index >= 15 is 0 Å². The van der Waals surface area contributed by atoms with Gasteiger partial charge in [0.1, 0.15) is 5.82 Å². The molecule has 0 amide bonds. The number of aromatic nitrogens is 2. The number of nitrogens with zero attached hydrogens (tertiary/aromatic N) is 3. The van der Waals surface area contributed by atoms with Crippen LogP contribution in [0, 0.1) is 12.7 Å². The zero-order valence-corrected chi connectivity index (χ0v) is 11.3. The summed E-state index contributed by atoms with van der Waals surface area (Å²) in [5.74, 6) is -0.117. The Labute approximate surface area is 112 Å². The van der Waals surface area contributed by atoms with Gasteiger partial charge in [0.2, 0.25) is 0 Å². The van der Waals surface area contributed by atoms with Crippen molar-refractivity contribution in [1.29, 1.82) is 0 Å². The van der Waals surface area contributed by atoms with Crippen molar-refractivity contribution < 1.29 is 4.39 Å². The highest BCUT2D eigenvalue weighted by atomic mass is 19.1. The van der Waals surface area contributed by atoms with E-state index in [0.717, 1.165) is 18.7 Å². The van der Waals surface area contributed by atoms with E-state index in [-0.39, 0.29) is 11.9 Å². The molecule has 2 aromatic rings. The van der Waals surface area contributed by atoms with Gasteiger partial charge in [-0.05, 0) is 25.5 Å². The standard InChI is InChI=1S/C15H18FN3/c1-11-7-17-19(8-11)13-9-18(10-13)12(2)14-5-3-4-6-15(14)16/h3-8,12-13H,9-10H2,1-2H3/t12-/m1/s1. The molecule has 1 fully saturated rings. The monoisotopic (exact) mass is 259 g/mol. The van der Waals surface area contributed by atoms with Crippen molar-refractivity contribution in [3.05, 3.63) is 53.6 Å². The van der Waals surface area contributed by atoms with Crippen LogP contribution >= 0.6 is 0 Å². The van der Waals surface area contributed by atoms with Crippen LogP contribution in [0.4, 0.5) is 4.39 Å². The molecule has 3 nitrogen and oxygen atoms in total. The maximum atomic E-state index is 13.7. The van der Waals surface area contributed by atoms with Gasteiger partial charge < -0.3 is 0 Å². The zero-order chi connectivity index (χ0) is 13.4. The molecule has 0 unspecified atom stereocenters. The summed E-state index contributed by atoms with van der Waals surface area (Å²) in [6.07, 6.45) is 3.94. The molecule has 1 atom stereocenters. The average Bonchev–Trinajstić information content (AvgIpc) is 2.74. The van der Waals surface area contributed by atoms with Crippen LogP contribution < -0.4 is 0 Å². The molecule has 0 aliphatic carbocycles. The van der Waals surface area contributed by atoms with Crippen molar-refractivity contribution in [3.8, 4) is 0 Å². The lowest BCUT2D eigenvalue weighted by atomic mass is 10.0. The Morgan fingerprint density at radius 1 is 1.32 bits per heavy atom. The van der Waals surface area contributed by atoms with Crippen LogP contribution in [0.1, 0.15) is 30.1 Å². The first-order chi connectivity index (χ1) is 9.15. The Bertz CT molecular complexity index is 572. The van der Waals surface area contributed by atoms with E-state index in [2.05, 4.69) is 23.1 Å². The van der Waals surface area contributed by atoms with E-state index in [9.17, 15) is 4.39 Å². The second-order valence-electron chi connectivity index (χ2n) is 5.30. The van der Waals surface area contributed by atoms with Crippen molar-refractivity contribution in [1.82, 2.24) is 14.7 Å². The highest BCUT2D eigenvalue weighted by Gasteiger charge is 2.33. The molecule has 0 spiro atoms. The summed E-state index contributed by atoms with van der Waals surface area (Å²) >= 11 is 0. The molecule has 1 aromatic heterocycles.